The van der Waals surface area contributed by atoms with Crippen molar-refractivity contribution >= 4 is 5.69 Å². The Bertz CT molecular complexity index is 366. The maximum Gasteiger partial charge on any atom is 0.275 e. The summed E-state index contributed by atoms with van der Waals surface area (Å²) in [5.74, 6) is 0. The smallest absolute Gasteiger partial charge is 0.275 e. The molecule has 3 N–H and O–H groups in total. The molecule has 0 radical (unpaired) electrons. The maximum atomic E-state index is 10.7. The van der Waals surface area contributed by atoms with E-state index in [4.69, 9.17) is 5.73 Å². The molecular formula is C10H14N2O3. The molecule has 1 aromatic rings. The Morgan fingerprint density at radius 3 is 2.80 bits per heavy atom. The van der Waals surface area contributed by atoms with Gasteiger partial charge >= 0.3 is 0 Å². The average molecular weight is 210 g/mol. The lowest BCUT2D eigenvalue weighted by atomic mass is 9.99. The van der Waals surface area contributed by atoms with Gasteiger partial charge in [-0.1, -0.05) is 12.1 Å². The van der Waals surface area contributed by atoms with Gasteiger partial charge in [-0.15, -0.1) is 0 Å². The highest BCUT2D eigenvalue weighted by atomic mass is 16.6. The summed E-state index contributed by atoms with van der Waals surface area (Å²) in [4.78, 5) is 10.3. The number of nitrogens with two attached hydrogens (primary N) is 1. The summed E-state index contributed by atoms with van der Waals surface area (Å²) in [5.41, 5.74) is 6.35. The lowest BCUT2D eigenvalue weighted by Gasteiger charge is -2.12. The number of nitrogens with zero attached hydrogens (tertiary/aromatic N) is 1. The number of nitro benzene ring substituents is 1. The van der Waals surface area contributed by atoms with Crippen molar-refractivity contribution in [3.63, 3.8) is 0 Å². The molecule has 1 rings (SSSR count). The maximum absolute atomic E-state index is 10.7. The van der Waals surface area contributed by atoms with E-state index in [1.807, 2.05) is 0 Å². The molecule has 0 fully saturated rings. The van der Waals surface area contributed by atoms with Crippen molar-refractivity contribution in [1.29, 1.82) is 0 Å². The molecule has 5 nitrogen and oxygen atoms in total. The van der Waals surface area contributed by atoms with Gasteiger partial charge in [-0.2, -0.15) is 0 Å². The molecule has 0 spiro atoms. The van der Waals surface area contributed by atoms with E-state index in [9.17, 15) is 15.2 Å². The van der Waals surface area contributed by atoms with E-state index in [0.29, 0.717) is 24.1 Å². The van der Waals surface area contributed by atoms with Gasteiger partial charge in [0.15, 0.2) is 0 Å². The van der Waals surface area contributed by atoms with Gasteiger partial charge in [-0.3, -0.25) is 10.1 Å². The van der Waals surface area contributed by atoms with Crippen molar-refractivity contribution in [3.8, 4) is 0 Å². The van der Waals surface area contributed by atoms with Crippen molar-refractivity contribution in [1.82, 2.24) is 0 Å². The van der Waals surface area contributed by atoms with Crippen molar-refractivity contribution in [2.75, 3.05) is 6.54 Å². The number of benzene rings is 1. The fourth-order valence-corrected chi connectivity index (χ4v) is 1.56. The lowest BCUT2D eigenvalue weighted by molar-refractivity contribution is -0.386. The third-order valence-corrected chi connectivity index (χ3v) is 2.27. The third-order valence-electron chi connectivity index (χ3n) is 2.27. The molecule has 0 unspecified atom stereocenters. The van der Waals surface area contributed by atoms with Crippen LogP contribution in [0.4, 0.5) is 5.69 Å². The Morgan fingerprint density at radius 2 is 2.27 bits per heavy atom. The van der Waals surface area contributed by atoms with Crippen molar-refractivity contribution in [2.24, 2.45) is 5.73 Å². The van der Waals surface area contributed by atoms with Gasteiger partial charge in [0, 0.05) is 6.07 Å². The summed E-state index contributed by atoms with van der Waals surface area (Å²) < 4.78 is 0. The molecule has 0 saturated heterocycles. The highest BCUT2D eigenvalue weighted by molar-refractivity contribution is 5.46. The molecule has 0 aromatic heterocycles. The minimum atomic E-state index is -0.864. The van der Waals surface area contributed by atoms with Crippen LogP contribution in [0.1, 0.15) is 23.7 Å². The van der Waals surface area contributed by atoms with E-state index >= 15 is 0 Å². The van der Waals surface area contributed by atoms with Crippen molar-refractivity contribution < 1.29 is 10.0 Å². The van der Waals surface area contributed by atoms with Crippen LogP contribution in [0.2, 0.25) is 0 Å². The zero-order chi connectivity index (χ0) is 11.4. The van der Waals surface area contributed by atoms with Gasteiger partial charge in [0.2, 0.25) is 0 Å². The van der Waals surface area contributed by atoms with Crippen LogP contribution in [0.25, 0.3) is 0 Å². The number of aryl methyl sites for hydroxylation is 1. The van der Waals surface area contributed by atoms with Crippen LogP contribution in [0, 0.1) is 17.0 Å². The summed E-state index contributed by atoms with van der Waals surface area (Å²) in [6.45, 7) is 2.04. The van der Waals surface area contributed by atoms with Gasteiger partial charge in [-0.05, 0) is 25.5 Å². The number of nitro groups is 1. The first-order valence-corrected chi connectivity index (χ1v) is 4.70. The first kappa shape index (κ1) is 11.6. The molecule has 1 aromatic carbocycles. The Hall–Kier alpha value is -1.46. The Kier molecular flexibility index (Phi) is 3.76. The number of hydrogen-bond acceptors (Lipinski definition) is 4. The molecular weight excluding hydrogens is 196 g/mol. The summed E-state index contributed by atoms with van der Waals surface area (Å²) in [7, 11) is 0. The lowest BCUT2D eigenvalue weighted by Crippen LogP contribution is -2.10. The minimum Gasteiger partial charge on any atom is -0.388 e. The molecule has 0 heterocycles. The number of hydrogen-bond donors (Lipinski definition) is 2. The van der Waals surface area contributed by atoms with Gasteiger partial charge in [-0.25, -0.2) is 0 Å². The van der Waals surface area contributed by atoms with Crippen LogP contribution in [0.3, 0.4) is 0 Å². The van der Waals surface area contributed by atoms with Crippen LogP contribution in [-0.4, -0.2) is 16.6 Å². The predicted octanol–water partition coefficient (Wildman–Crippen LogP) is 1.29. The average Bonchev–Trinajstić information content (AvgIpc) is 2.17. The van der Waals surface area contributed by atoms with E-state index < -0.39 is 11.0 Å². The van der Waals surface area contributed by atoms with Crippen molar-refractivity contribution in [2.45, 2.75) is 19.4 Å². The van der Waals surface area contributed by atoms with E-state index in [0.717, 1.165) is 0 Å². The van der Waals surface area contributed by atoms with Gasteiger partial charge < -0.3 is 10.8 Å². The second-order valence-electron chi connectivity index (χ2n) is 3.36. The number of aliphatic hydroxyl groups excluding tert-OH is 1. The highest BCUT2D eigenvalue weighted by Crippen LogP contribution is 2.29. The first-order valence-electron chi connectivity index (χ1n) is 4.70. The van der Waals surface area contributed by atoms with Crippen LogP contribution in [0.15, 0.2) is 18.2 Å². The molecule has 1 atom stereocenters. The summed E-state index contributed by atoms with van der Waals surface area (Å²) in [6.07, 6.45) is -0.539. The van der Waals surface area contributed by atoms with Crippen LogP contribution in [-0.2, 0) is 0 Å². The molecule has 0 aliphatic rings. The Morgan fingerprint density at radius 1 is 1.60 bits per heavy atom. The summed E-state index contributed by atoms with van der Waals surface area (Å²) in [5, 5.41) is 20.5. The van der Waals surface area contributed by atoms with Gasteiger partial charge in [0.1, 0.15) is 0 Å². The van der Waals surface area contributed by atoms with E-state index in [-0.39, 0.29) is 5.69 Å². The topological polar surface area (TPSA) is 89.4 Å². The van der Waals surface area contributed by atoms with Crippen LogP contribution >= 0.6 is 0 Å². The van der Waals surface area contributed by atoms with E-state index in [1.54, 1.807) is 19.1 Å². The largest absolute Gasteiger partial charge is 0.388 e. The molecule has 82 valence electrons. The molecule has 0 bridgehead atoms. The Labute approximate surface area is 87.7 Å². The Balaban J connectivity index is 3.18. The number of aliphatic hydroxyl groups is 1. The number of rotatable bonds is 4. The minimum absolute atomic E-state index is 0.0454. The van der Waals surface area contributed by atoms with E-state index in [1.165, 1.54) is 6.07 Å². The fraction of sp³-hybridized carbons (Fsp3) is 0.400. The molecule has 0 aliphatic heterocycles. The quantitative estimate of drug-likeness (QED) is 0.578. The zero-order valence-electron chi connectivity index (χ0n) is 8.51. The van der Waals surface area contributed by atoms with Crippen molar-refractivity contribution in [3.05, 3.63) is 39.4 Å². The zero-order valence-corrected chi connectivity index (χ0v) is 8.51. The first-order chi connectivity index (χ1) is 7.07. The second-order valence-corrected chi connectivity index (χ2v) is 3.36. The van der Waals surface area contributed by atoms with Gasteiger partial charge in [0.05, 0.1) is 16.6 Å². The monoisotopic (exact) mass is 210 g/mol. The SMILES string of the molecule is Cc1cccc([N+](=O)[O-])c1[C@H](O)CCN. The molecule has 0 aliphatic carbocycles. The highest BCUT2D eigenvalue weighted by Gasteiger charge is 2.21. The van der Waals surface area contributed by atoms with Crippen LogP contribution in [0.5, 0.6) is 0 Å². The summed E-state index contributed by atoms with van der Waals surface area (Å²) >= 11 is 0. The molecule has 15 heavy (non-hydrogen) atoms. The fourth-order valence-electron chi connectivity index (χ4n) is 1.56. The standard InChI is InChI=1S/C10H14N2O3/c1-7-3-2-4-8(12(14)15)10(7)9(13)5-6-11/h2-4,9,13H,5-6,11H2,1H3/t9-/m1/s1. The van der Waals surface area contributed by atoms with E-state index in [2.05, 4.69) is 0 Å². The van der Waals surface area contributed by atoms with Gasteiger partial charge in [0.25, 0.3) is 5.69 Å². The molecule has 0 saturated carbocycles. The second kappa shape index (κ2) is 4.86. The van der Waals surface area contributed by atoms with Crippen LogP contribution < -0.4 is 5.73 Å². The predicted molar refractivity (Wildman–Crippen MR) is 56.5 cm³/mol. The normalized spacial score (nSPS) is 12.5. The molecule has 5 heteroatoms. The summed E-state index contributed by atoms with van der Waals surface area (Å²) in [6, 6.07) is 4.73. The third kappa shape index (κ3) is 2.51. The molecule has 0 amide bonds.